The summed E-state index contributed by atoms with van der Waals surface area (Å²) in [5, 5.41) is 3.80. The smallest absolute Gasteiger partial charge is 0.231 e. The van der Waals surface area contributed by atoms with Gasteiger partial charge in [0.15, 0.2) is 0 Å². The molecule has 5 nitrogen and oxygen atoms in total. The van der Waals surface area contributed by atoms with Gasteiger partial charge in [0, 0.05) is 17.5 Å². The highest BCUT2D eigenvalue weighted by Gasteiger charge is 2.23. The van der Waals surface area contributed by atoms with E-state index >= 15 is 0 Å². The van der Waals surface area contributed by atoms with Gasteiger partial charge in [0.2, 0.25) is 11.8 Å². The standard InChI is InChI=1S/C19H19N3O2S/c1-11-3-8-15-16(9-11)25-19-17(15)18(20-10-21-19)24-14-6-4-13(5-7-14)22-12(2)23/h4-7,10-11H,3,8-9H2,1-2H3,(H,22,23). The Hall–Kier alpha value is -2.47. The molecule has 1 aliphatic carbocycles. The normalized spacial score (nSPS) is 16.5. The molecular weight excluding hydrogens is 334 g/mol. The highest BCUT2D eigenvalue weighted by Crippen LogP contribution is 2.41. The van der Waals surface area contributed by atoms with E-state index in [1.807, 2.05) is 24.3 Å². The molecule has 0 saturated carbocycles. The fourth-order valence-electron chi connectivity index (χ4n) is 3.24. The minimum absolute atomic E-state index is 0.0923. The predicted molar refractivity (Wildman–Crippen MR) is 99.4 cm³/mol. The number of thiophene rings is 1. The Morgan fingerprint density at radius 1 is 1.28 bits per heavy atom. The first-order chi connectivity index (χ1) is 12.1. The molecule has 0 spiro atoms. The zero-order chi connectivity index (χ0) is 17.4. The van der Waals surface area contributed by atoms with Gasteiger partial charge in [0.25, 0.3) is 0 Å². The van der Waals surface area contributed by atoms with Crippen molar-refractivity contribution in [2.45, 2.75) is 33.1 Å². The Kier molecular flexibility index (Phi) is 4.13. The molecule has 0 saturated heterocycles. The molecule has 0 radical (unpaired) electrons. The van der Waals surface area contributed by atoms with Crippen LogP contribution in [0, 0.1) is 5.92 Å². The number of rotatable bonds is 3. The summed E-state index contributed by atoms with van der Waals surface area (Å²) < 4.78 is 6.05. The molecule has 25 heavy (non-hydrogen) atoms. The zero-order valence-corrected chi connectivity index (χ0v) is 15.0. The monoisotopic (exact) mass is 353 g/mol. The molecule has 1 N–H and O–H groups in total. The van der Waals surface area contributed by atoms with Gasteiger partial charge in [-0.3, -0.25) is 4.79 Å². The van der Waals surface area contributed by atoms with Crippen LogP contribution in [0.5, 0.6) is 11.6 Å². The number of nitrogens with zero attached hydrogens (tertiary/aromatic N) is 2. The second-order valence-electron chi connectivity index (χ2n) is 6.52. The maximum atomic E-state index is 11.1. The molecule has 1 atom stereocenters. The number of hydrogen-bond acceptors (Lipinski definition) is 5. The molecule has 1 unspecified atom stereocenters. The second-order valence-corrected chi connectivity index (χ2v) is 7.60. The lowest BCUT2D eigenvalue weighted by Gasteiger charge is -2.18. The van der Waals surface area contributed by atoms with Crippen LogP contribution >= 0.6 is 11.3 Å². The van der Waals surface area contributed by atoms with Gasteiger partial charge in [-0.05, 0) is 55.0 Å². The Labute approximate surface area is 150 Å². The van der Waals surface area contributed by atoms with Crippen molar-refractivity contribution in [2.75, 3.05) is 5.32 Å². The van der Waals surface area contributed by atoms with Gasteiger partial charge in [0.05, 0.1) is 5.39 Å². The second kappa shape index (κ2) is 6.44. The number of aromatic nitrogens is 2. The van der Waals surface area contributed by atoms with Crippen molar-refractivity contribution in [3.05, 3.63) is 41.0 Å². The Bertz CT molecular complexity index is 934. The van der Waals surface area contributed by atoms with E-state index in [0.29, 0.717) is 11.6 Å². The molecule has 3 aromatic rings. The van der Waals surface area contributed by atoms with Crippen molar-refractivity contribution >= 4 is 33.1 Å². The lowest BCUT2D eigenvalue weighted by atomic mass is 9.89. The SMILES string of the molecule is CC(=O)Nc1ccc(Oc2ncnc3sc4c(c23)CCC(C)C4)cc1. The molecule has 1 amide bonds. The van der Waals surface area contributed by atoms with Crippen LogP contribution in [0.2, 0.25) is 0 Å². The molecule has 0 bridgehead atoms. The predicted octanol–water partition coefficient (Wildman–Crippen LogP) is 4.57. The van der Waals surface area contributed by atoms with Crippen LogP contribution in [0.3, 0.4) is 0 Å². The molecule has 128 valence electrons. The first-order valence-electron chi connectivity index (χ1n) is 8.41. The van der Waals surface area contributed by atoms with Crippen LogP contribution in [0.25, 0.3) is 10.2 Å². The molecule has 1 aromatic carbocycles. The number of anilines is 1. The van der Waals surface area contributed by atoms with Crippen LogP contribution in [0.15, 0.2) is 30.6 Å². The van der Waals surface area contributed by atoms with Crippen LogP contribution in [0.4, 0.5) is 5.69 Å². The van der Waals surface area contributed by atoms with Gasteiger partial charge in [-0.1, -0.05) is 6.92 Å². The quantitative estimate of drug-likeness (QED) is 0.749. The van der Waals surface area contributed by atoms with Crippen molar-refractivity contribution in [2.24, 2.45) is 5.92 Å². The Morgan fingerprint density at radius 3 is 2.84 bits per heavy atom. The van der Waals surface area contributed by atoms with E-state index in [2.05, 4.69) is 22.2 Å². The highest BCUT2D eigenvalue weighted by atomic mass is 32.1. The first-order valence-corrected chi connectivity index (χ1v) is 9.22. The topological polar surface area (TPSA) is 64.1 Å². The average Bonchev–Trinajstić information content (AvgIpc) is 2.94. The molecule has 2 aromatic heterocycles. The number of aryl methyl sites for hydroxylation is 1. The minimum atomic E-state index is -0.0923. The van der Waals surface area contributed by atoms with E-state index in [-0.39, 0.29) is 5.91 Å². The number of fused-ring (bicyclic) bond motifs is 3. The summed E-state index contributed by atoms with van der Waals surface area (Å²) in [7, 11) is 0. The minimum Gasteiger partial charge on any atom is -0.438 e. The molecule has 6 heteroatoms. The Morgan fingerprint density at radius 2 is 2.08 bits per heavy atom. The van der Waals surface area contributed by atoms with Crippen molar-refractivity contribution in [3.63, 3.8) is 0 Å². The fourth-order valence-corrected chi connectivity index (χ4v) is 4.59. The van der Waals surface area contributed by atoms with E-state index < -0.39 is 0 Å². The summed E-state index contributed by atoms with van der Waals surface area (Å²) in [5.74, 6) is 1.94. The molecule has 2 heterocycles. The third-order valence-corrected chi connectivity index (χ3v) is 5.61. The summed E-state index contributed by atoms with van der Waals surface area (Å²) in [5.41, 5.74) is 2.10. The van der Waals surface area contributed by atoms with Crippen molar-refractivity contribution in [3.8, 4) is 11.6 Å². The first kappa shape index (κ1) is 16.0. The zero-order valence-electron chi connectivity index (χ0n) is 14.2. The van der Waals surface area contributed by atoms with Crippen LogP contribution in [-0.4, -0.2) is 15.9 Å². The number of carbonyl (C=O) groups excluding carboxylic acids is 1. The van der Waals surface area contributed by atoms with E-state index in [9.17, 15) is 4.79 Å². The van der Waals surface area contributed by atoms with Crippen LogP contribution < -0.4 is 10.1 Å². The molecule has 1 aliphatic rings. The van der Waals surface area contributed by atoms with Gasteiger partial charge < -0.3 is 10.1 Å². The third-order valence-electron chi connectivity index (χ3n) is 4.45. The third kappa shape index (κ3) is 3.22. The van der Waals surface area contributed by atoms with Gasteiger partial charge >= 0.3 is 0 Å². The fraction of sp³-hybridized carbons (Fsp3) is 0.316. The van der Waals surface area contributed by atoms with Gasteiger partial charge in [-0.15, -0.1) is 11.3 Å². The number of carbonyl (C=O) groups is 1. The maximum Gasteiger partial charge on any atom is 0.231 e. The maximum absolute atomic E-state index is 11.1. The summed E-state index contributed by atoms with van der Waals surface area (Å²) >= 11 is 1.76. The number of ether oxygens (including phenoxy) is 1. The summed E-state index contributed by atoms with van der Waals surface area (Å²) in [4.78, 5) is 22.3. The van der Waals surface area contributed by atoms with E-state index in [4.69, 9.17) is 4.74 Å². The number of hydrogen-bond donors (Lipinski definition) is 1. The van der Waals surface area contributed by atoms with E-state index in [1.165, 1.54) is 23.8 Å². The van der Waals surface area contributed by atoms with Crippen LogP contribution in [-0.2, 0) is 17.6 Å². The van der Waals surface area contributed by atoms with Crippen molar-refractivity contribution < 1.29 is 9.53 Å². The van der Waals surface area contributed by atoms with E-state index in [0.717, 1.165) is 34.7 Å². The van der Waals surface area contributed by atoms with Gasteiger partial charge in [0.1, 0.15) is 16.9 Å². The highest BCUT2D eigenvalue weighted by molar-refractivity contribution is 7.18. The van der Waals surface area contributed by atoms with Crippen molar-refractivity contribution in [1.29, 1.82) is 0 Å². The van der Waals surface area contributed by atoms with Crippen LogP contribution in [0.1, 0.15) is 30.7 Å². The average molecular weight is 353 g/mol. The summed E-state index contributed by atoms with van der Waals surface area (Å²) in [6.45, 7) is 3.79. The summed E-state index contributed by atoms with van der Waals surface area (Å²) in [6.07, 6.45) is 4.93. The molecular formula is C19H19N3O2S. The number of nitrogens with one attached hydrogen (secondary N) is 1. The number of amides is 1. The number of benzene rings is 1. The lowest BCUT2D eigenvalue weighted by Crippen LogP contribution is -2.08. The van der Waals surface area contributed by atoms with Gasteiger partial charge in [-0.2, -0.15) is 0 Å². The molecule has 0 aliphatic heterocycles. The van der Waals surface area contributed by atoms with Gasteiger partial charge in [-0.25, -0.2) is 9.97 Å². The summed E-state index contributed by atoms with van der Waals surface area (Å²) in [6, 6.07) is 7.31. The molecule has 4 rings (SSSR count). The largest absolute Gasteiger partial charge is 0.438 e. The Balaban J connectivity index is 1.66. The lowest BCUT2D eigenvalue weighted by molar-refractivity contribution is -0.114. The van der Waals surface area contributed by atoms with Crippen molar-refractivity contribution in [1.82, 2.24) is 9.97 Å². The molecule has 0 fully saturated rings. The van der Waals surface area contributed by atoms with E-state index in [1.54, 1.807) is 17.7 Å².